The van der Waals surface area contributed by atoms with E-state index in [1.807, 2.05) is 6.07 Å². The van der Waals surface area contributed by atoms with Crippen LogP contribution in [0.1, 0.15) is 68.7 Å². The first kappa shape index (κ1) is 28.6. The van der Waals surface area contributed by atoms with E-state index >= 15 is 0 Å². The van der Waals surface area contributed by atoms with Crippen molar-refractivity contribution in [2.45, 2.75) is 50.1 Å². The molecule has 202 valence electrons. The Kier molecular flexibility index (Phi) is 8.30. The van der Waals surface area contributed by atoms with Gasteiger partial charge < -0.3 is 11.1 Å². The summed E-state index contributed by atoms with van der Waals surface area (Å²) in [7, 11) is 0. The van der Waals surface area contributed by atoms with E-state index in [1.165, 1.54) is 11.1 Å². The Morgan fingerprint density at radius 3 is 1.82 bits per heavy atom. The van der Waals surface area contributed by atoms with Crippen LogP contribution in [0.15, 0.2) is 63.5 Å². The average Bonchev–Trinajstić information content (AvgIpc) is 3.40. The lowest BCUT2D eigenvalue weighted by atomic mass is 10.0. The highest BCUT2D eigenvalue weighted by Crippen LogP contribution is 2.37. The van der Waals surface area contributed by atoms with E-state index in [1.54, 1.807) is 12.1 Å². The second-order valence-corrected chi connectivity index (χ2v) is 11.0. The second kappa shape index (κ2) is 11.0. The molecule has 5 rings (SSSR count). The monoisotopic (exact) mass is 662 g/mol. The van der Waals surface area contributed by atoms with Crippen LogP contribution in [0, 0.1) is 0 Å². The number of rotatable bonds is 2. The van der Waals surface area contributed by atoms with Gasteiger partial charge in [-0.1, -0.05) is 44.0 Å². The zero-order chi connectivity index (χ0) is 27.8. The van der Waals surface area contributed by atoms with E-state index in [0.717, 1.165) is 32.9 Å². The Labute approximate surface area is 232 Å². The Hall–Kier alpha value is -2.37. The first-order valence-corrected chi connectivity index (χ1v) is 13.2. The molecule has 0 saturated heterocycles. The molecule has 0 aliphatic heterocycles. The molecule has 11 heteroatoms. The highest BCUT2D eigenvalue weighted by molar-refractivity contribution is 9.10. The molecule has 1 amide bonds. The lowest BCUT2D eigenvalue weighted by molar-refractivity contribution is -0.143. The summed E-state index contributed by atoms with van der Waals surface area (Å²) in [5, 5.41) is 2.54. The minimum Gasteiger partial charge on any atom is -0.345 e. The normalized spacial score (nSPS) is 18.3. The smallest absolute Gasteiger partial charge is 0.345 e. The van der Waals surface area contributed by atoms with Crippen LogP contribution in [-0.4, -0.2) is 5.91 Å². The Morgan fingerprint density at radius 2 is 1.26 bits per heavy atom. The lowest BCUT2D eigenvalue weighted by Gasteiger charge is -2.17. The molecule has 2 aliphatic rings. The predicted molar refractivity (Wildman–Crippen MR) is 139 cm³/mol. The van der Waals surface area contributed by atoms with E-state index in [2.05, 4.69) is 55.4 Å². The number of carbonyl (C=O) groups is 1. The van der Waals surface area contributed by atoms with Gasteiger partial charge in [0.25, 0.3) is 5.91 Å². The number of fused-ring (bicyclic) bond motifs is 2. The van der Waals surface area contributed by atoms with Gasteiger partial charge >= 0.3 is 12.4 Å². The van der Waals surface area contributed by atoms with Crippen molar-refractivity contribution in [2.75, 3.05) is 0 Å². The van der Waals surface area contributed by atoms with Crippen LogP contribution in [0.3, 0.4) is 0 Å². The number of alkyl halides is 6. The fraction of sp³-hybridized carbons (Fsp3) is 0.296. The average molecular weight is 664 g/mol. The van der Waals surface area contributed by atoms with Gasteiger partial charge in [0, 0.05) is 20.6 Å². The standard InChI is InChI=1S/C18H12BrF6NO.C9H10BrN/c19-13-2-3-14-9(7-13)1-4-15(14)26-16(27)10-5-11(17(20,21)22)8-12(6-10)18(23,24)25;10-7-2-3-8-6(5-7)1-4-9(8)11/h2-3,5-8,15H,1,4H2,(H,26,27);2-3,5,9H,1,4,11H2. The summed E-state index contributed by atoms with van der Waals surface area (Å²) in [6.45, 7) is 0. The van der Waals surface area contributed by atoms with Crippen molar-refractivity contribution in [3.05, 3.63) is 102 Å². The molecule has 0 fully saturated rings. The highest BCUT2D eigenvalue weighted by Gasteiger charge is 2.38. The summed E-state index contributed by atoms with van der Waals surface area (Å²) in [5.41, 5.74) is 6.68. The first-order valence-electron chi connectivity index (χ1n) is 11.6. The molecule has 3 nitrogen and oxygen atoms in total. The molecule has 38 heavy (non-hydrogen) atoms. The lowest BCUT2D eigenvalue weighted by Crippen LogP contribution is -2.28. The molecule has 0 aromatic heterocycles. The summed E-state index contributed by atoms with van der Waals surface area (Å²) in [4.78, 5) is 12.4. The molecular weight excluding hydrogens is 642 g/mol. The van der Waals surface area contributed by atoms with Crippen LogP contribution < -0.4 is 11.1 Å². The predicted octanol–water partition coefficient (Wildman–Crippen LogP) is 8.30. The van der Waals surface area contributed by atoms with Gasteiger partial charge in [-0.25, -0.2) is 0 Å². The molecule has 3 aromatic rings. The number of carbonyl (C=O) groups excluding carboxylic acids is 1. The van der Waals surface area contributed by atoms with Crippen molar-refractivity contribution in [3.63, 3.8) is 0 Å². The van der Waals surface area contributed by atoms with Gasteiger partial charge in [-0.05, 0) is 90.4 Å². The zero-order valence-electron chi connectivity index (χ0n) is 19.7. The van der Waals surface area contributed by atoms with Crippen LogP contribution in [0.2, 0.25) is 0 Å². The van der Waals surface area contributed by atoms with E-state index < -0.39 is 41.0 Å². The quantitative estimate of drug-likeness (QED) is 0.271. The minimum absolute atomic E-state index is 0.000817. The molecule has 0 radical (unpaired) electrons. The minimum atomic E-state index is -5.00. The number of amides is 1. The van der Waals surface area contributed by atoms with Gasteiger partial charge in [0.1, 0.15) is 0 Å². The maximum Gasteiger partial charge on any atom is 0.416 e. The van der Waals surface area contributed by atoms with Crippen molar-refractivity contribution in [1.29, 1.82) is 0 Å². The fourth-order valence-corrected chi connectivity index (χ4v) is 5.50. The largest absolute Gasteiger partial charge is 0.416 e. The Balaban J connectivity index is 0.000000253. The van der Waals surface area contributed by atoms with E-state index in [0.29, 0.717) is 25.0 Å². The number of hydrogen-bond acceptors (Lipinski definition) is 2. The molecule has 2 aliphatic carbocycles. The van der Waals surface area contributed by atoms with E-state index in [4.69, 9.17) is 5.73 Å². The molecule has 0 bridgehead atoms. The van der Waals surface area contributed by atoms with Crippen molar-refractivity contribution >= 4 is 37.8 Å². The van der Waals surface area contributed by atoms with E-state index in [9.17, 15) is 31.1 Å². The van der Waals surface area contributed by atoms with Crippen molar-refractivity contribution in [3.8, 4) is 0 Å². The van der Waals surface area contributed by atoms with Crippen molar-refractivity contribution in [1.82, 2.24) is 5.32 Å². The summed E-state index contributed by atoms with van der Waals surface area (Å²) >= 11 is 6.77. The van der Waals surface area contributed by atoms with Crippen LogP contribution in [0.4, 0.5) is 26.3 Å². The zero-order valence-corrected chi connectivity index (χ0v) is 22.9. The Morgan fingerprint density at radius 1 is 0.763 bits per heavy atom. The Bertz CT molecular complexity index is 1320. The number of nitrogens with two attached hydrogens (primary N) is 1. The summed E-state index contributed by atoms with van der Waals surface area (Å²) in [6.07, 6.45) is -6.59. The number of hydrogen-bond donors (Lipinski definition) is 2. The first-order chi connectivity index (χ1) is 17.7. The van der Waals surface area contributed by atoms with Gasteiger partial charge in [-0.2, -0.15) is 26.3 Å². The molecule has 0 heterocycles. The van der Waals surface area contributed by atoms with Gasteiger partial charge in [-0.3, -0.25) is 4.79 Å². The van der Waals surface area contributed by atoms with Crippen LogP contribution in [-0.2, 0) is 25.2 Å². The summed E-state index contributed by atoms with van der Waals surface area (Å²) < 4.78 is 79.6. The molecule has 3 aromatic carbocycles. The third-order valence-electron chi connectivity index (χ3n) is 6.57. The molecule has 0 spiro atoms. The fourth-order valence-electron chi connectivity index (χ4n) is 4.68. The maximum absolute atomic E-state index is 12.9. The van der Waals surface area contributed by atoms with Crippen LogP contribution in [0.25, 0.3) is 0 Å². The maximum atomic E-state index is 12.9. The molecular formula is C27H22Br2F6N2O. The molecule has 2 unspecified atom stereocenters. The third-order valence-corrected chi connectivity index (χ3v) is 7.55. The number of aryl methyl sites for hydroxylation is 2. The number of nitrogens with one attached hydrogen (secondary N) is 1. The number of halogens is 8. The van der Waals surface area contributed by atoms with Crippen LogP contribution >= 0.6 is 31.9 Å². The van der Waals surface area contributed by atoms with Crippen LogP contribution in [0.5, 0.6) is 0 Å². The summed E-state index contributed by atoms with van der Waals surface area (Å²) in [5.74, 6) is -0.979. The number of benzene rings is 3. The van der Waals surface area contributed by atoms with Gasteiger partial charge in [0.05, 0.1) is 17.2 Å². The topological polar surface area (TPSA) is 55.1 Å². The van der Waals surface area contributed by atoms with E-state index in [-0.39, 0.29) is 12.1 Å². The van der Waals surface area contributed by atoms with Gasteiger partial charge in [-0.15, -0.1) is 0 Å². The van der Waals surface area contributed by atoms with Gasteiger partial charge in [0.15, 0.2) is 0 Å². The molecule has 3 N–H and O–H groups in total. The second-order valence-electron chi connectivity index (χ2n) is 9.19. The van der Waals surface area contributed by atoms with Crippen molar-refractivity contribution in [2.24, 2.45) is 5.73 Å². The third kappa shape index (κ3) is 6.60. The SMILES string of the molecule is NC1CCc2cc(Br)ccc21.O=C(NC1CCc2cc(Br)ccc21)c1cc(C(F)(F)F)cc(C(F)(F)F)c1. The highest BCUT2D eigenvalue weighted by atomic mass is 79.9. The van der Waals surface area contributed by atoms with Crippen molar-refractivity contribution < 1.29 is 31.1 Å². The molecule has 2 atom stereocenters. The molecule has 0 saturated carbocycles. The summed E-state index contributed by atoms with van der Waals surface area (Å²) in [6, 6.07) is 12.4. The van der Waals surface area contributed by atoms with Gasteiger partial charge in [0.2, 0.25) is 0 Å².